The number of hydrogen-bond acceptors (Lipinski definition) is 4. The summed E-state index contributed by atoms with van der Waals surface area (Å²) in [6.45, 7) is 2.64. The molecule has 2 aromatic rings. The van der Waals surface area contributed by atoms with Crippen LogP contribution in [0.1, 0.15) is 23.0 Å². The summed E-state index contributed by atoms with van der Waals surface area (Å²) in [7, 11) is 1.32. The Labute approximate surface area is 170 Å². The van der Waals surface area contributed by atoms with Crippen LogP contribution in [0.2, 0.25) is 0 Å². The predicted octanol–water partition coefficient (Wildman–Crippen LogP) is 2.36. The number of aromatic nitrogens is 2. The van der Waals surface area contributed by atoms with Gasteiger partial charge in [0.1, 0.15) is 5.82 Å². The highest BCUT2D eigenvalue weighted by atomic mass is 19.4. The SMILES string of the molecule is CC(C(=O)Nc1cccc(F)c1)N1CCN(C(=O)c2cn(C)nc2C(F)(F)F)CC1. The van der Waals surface area contributed by atoms with Crippen molar-refractivity contribution in [2.24, 2.45) is 7.05 Å². The Balaban J connectivity index is 1.60. The van der Waals surface area contributed by atoms with Gasteiger partial charge in [0.25, 0.3) is 5.91 Å². The van der Waals surface area contributed by atoms with Gasteiger partial charge in [0.2, 0.25) is 5.91 Å². The van der Waals surface area contributed by atoms with Gasteiger partial charge in [0.05, 0.1) is 11.6 Å². The van der Waals surface area contributed by atoms with Crippen LogP contribution in [-0.2, 0) is 18.0 Å². The third kappa shape index (κ3) is 4.78. The van der Waals surface area contributed by atoms with Crippen LogP contribution in [0.15, 0.2) is 30.5 Å². The Kier molecular flexibility index (Phi) is 6.11. The number of aryl methyl sites for hydroxylation is 1. The highest BCUT2D eigenvalue weighted by Crippen LogP contribution is 2.31. The highest BCUT2D eigenvalue weighted by Gasteiger charge is 2.40. The van der Waals surface area contributed by atoms with Gasteiger partial charge in [-0.2, -0.15) is 18.3 Å². The molecule has 2 amide bonds. The van der Waals surface area contributed by atoms with Crippen LogP contribution in [0.3, 0.4) is 0 Å². The molecule has 7 nitrogen and oxygen atoms in total. The first-order valence-corrected chi connectivity index (χ1v) is 9.27. The molecular weight excluding hydrogens is 406 g/mol. The molecule has 1 aromatic carbocycles. The molecule has 1 unspecified atom stereocenters. The molecule has 3 rings (SSSR count). The average Bonchev–Trinajstić information content (AvgIpc) is 3.09. The van der Waals surface area contributed by atoms with E-state index in [-0.39, 0.29) is 19.0 Å². The number of anilines is 1. The molecule has 1 fully saturated rings. The number of halogens is 4. The Morgan fingerprint density at radius 2 is 1.83 bits per heavy atom. The molecule has 1 atom stereocenters. The number of hydrogen-bond donors (Lipinski definition) is 1. The molecule has 1 aliphatic heterocycles. The van der Waals surface area contributed by atoms with Crippen molar-refractivity contribution in [2.45, 2.75) is 19.1 Å². The van der Waals surface area contributed by atoms with Crippen molar-refractivity contribution >= 4 is 17.5 Å². The highest BCUT2D eigenvalue weighted by molar-refractivity contribution is 5.96. The second kappa shape index (κ2) is 8.42. The van der Waals surface area contributed by atoms with E-state index < -0.39 is 35.2 Å². The Morgan fingerprint density at radius 1 is 1.17 bits per heavy atom. The number of amides is 2. The largest absolute Gasteiger partial charge is 0.435 e. The van der Waals surface area contributed by atoms with E-state index in [1.165, 1.54) is 30.1 Å². The number of alkyl halides is 3. The van der Waals surface area contributed by atoms with Crippen LogP contribution >= 0.6 is 0 Å². The van der Waals surface area contributed by atoms with E-state index >= 15 is 0 Å². The zero-order valence-electron chi connectivity index (χ0n) is 16.4. The van der Waals surface area contributed by atoms with Gasteiger partial charge in [-0.1, -0.05) is 6.07 Å². The van der Waals surface area contributed by atoms with E-state index in [0.717, 1.165) is 10.9 Å². The van der Waals surface area contributed by atoms with Crippen LogP contribution in [0.4, 0.5) is 23.2 Å². The average molecular weight is 427 g/mol. The molecule has 0 saturated carbocycles. The summed E-state index contributed by atoms with van der Waals surface area (Å²) >= 11 is 0. The maximum absolute atomic E-state index is 13.3. The fourth-order valence-electron chi connectivity index (χ4n) is 3.32. The van der Waals surface area contributed by atoms with Crippen molar-refractivity contribution in [3.8, 4) is 0 Å². The zero-order valence-corrected chi connectivity index (χ0v) is 16.4. The molecule has 0 bridgehead atoms. The number of rotatable bonds is 4. The van der Waals surface area contributed by atoms with E-state index in [0.29, 0.717) is 18.8 Å². The predicted molar refractivity (Wildman–Crippen MR) is 100 cm³/mol. The molecule has 162 valence electrons. The lowest BCUT2D eigenvalue weighted by Gasteiger charge is -2.37. The molecular formula is C19H21F4N5O2. The third-order valence-corrected chi connectivity index (χ3v) is 4.95. The summed E-state index contributed by atoms with van der Waals surface area (Å²) in [5.74, 6) is -1.56. The quantitative estimate of drug-likeness (QED) is 0.761. The molecule has 0 radical (unpaired) electrons. The topological polar surface area (TPSA) is 70.5 Å². The molecule has 1 aromatic heterocycles. The van der Waals surface area contributed by atoms with E-state index in [1.807, 2.05) is 4.90 Å². The van der Waals surface area contributed by atoms with Crippen molar-refractivity contribution in [1.82, 2.24) is 19.6 Å². The molecule has 2 heterocycles. The van der Waals surface area contributed by atoms with Crippen molar-refractivity contribution < 1.29 is 27.2 Å². The Morgan fingerprint density at radius 3 is 2.43 bits per heavy atom. The van der Waals surface area contributed by atoms with Gasteiger partial charge in [0, 0.05) is 45.1 Å². The monoisotopic (exact) mass is 427 g/mol. The third-order valence-electron chi connectivity index (χ3n) is 4.95. The first-order chi connectivity index (χ1) is 14.1. The number of nitrogens with zero attached hydrogens (tertiary/aromatic N) is 4. The van der Waals surface area contributed by atoms with Gasteiger partial charge in [0.15, 0.2) is 5.69 Å². The molecule has 0 aliphatic carbocycles. The van der Waals surface area contributed by atoms with Crippen LogP contribution in [0, 0.1) is 5.82 Å². The Hall–Kier alpha value is -2.95. The molecule has 0 spiro atoms. The normalized spacial score (nSPS) is 16.4. The van der Waals surface area contributed by atoms with Gasteiger partial charge in [-0.25, -0.2) is 4.39 Å². The van der Waals surface area contributed by atoms with Crippen LogP contribution in [-0.4, -0.2) is 63.6 Å². The van der Waals surface area contributed by atoms with E-state index in [4.69, 9.17) is 0 Å². The van der Waals surface area contributed by atoms with E-state index in [1.54, 1.807) is 13.0 Å². The second-order valence-electron chi connectivity index (χ2n) is 7.07. The van der Waals surface area contributed by atoms with Gasteiger partial charge in [-0.15, -0.1) is 0 Å². The van der Waals surface area contributed by atoms with Gasteiger partial charge < -0.3 is 10.2 Å². The summed E-state index contributed by atoms with van der Waals surface area (Å²) in [6.07, 6.45) is -3.66. The minimum absolute atomic E-state index is 0.169. The first-order valence-electron chi connectivity index (χ1n) is 9.27. The summed E-state index contributed by atoms with van der Waals surface area (Å²) in [4.78, 5) is 28.2. The van der Waals surface area contributed by atoms with Crippen molar-refractivity contribution in [2.75, 3.05) is 31.5 Å². The Bertz CT molecular complexity index is 935. The molecule has 1 aliphatic rings. The number of benzene rings is 1. The van der Waals surface area contributed by atoms with Crippen LogP contribution in [0.25, 0.3) is 0 Å². The van der Waals surface area contributed by atoms with E-state index in [2.05, 4.69) is 10.4 Å². The molecule has 30 heavy (non-hydrogen) atoms. The summed E-state index contributed by atoms with van der Waals surface area (Å²) in [5.41, 5.74) is -1.37. The maximum atomic E-state index is 13.3. The van der Waals surface area contributed by atoms with Crippen LogP contribution in [0.5, 0.6) is 0 Å². The van der Waals surface area contributed by atoms with Crippen LogP contribution < -0.4 is 5.32 Å². The van der Waals surface area contributed by atoms with Crippen molar-refractivity contribution in [3.05, 3.63) is 47.5 Å². The number of carbonyl (C=O) groups excluding carboxylic acids is 2. The number of piperazine rings is 1. The van der Waals surface area contributed by atoms with Gasteiger partial charge in [-0.05, 0) is 25.1 Å². The number of carbonyl (C=O) groups is 2. The molecule has 1 N–H and O–H groups in total. The van der Waals surface area contributed by atoms with Gasteiger partial charge in [-0.3, -0.25) is 19.2 Å². The lowest BCUT2D eigenvalue weighted by Crippen LogP contribution is -2.54. The van der Waals surface area contributed by atoms with Crippen molar-refractivity contribution in [1.29, 1.82) is 0 Å². The van der Waals surface area contributed by atoms with Gasteiger partial charge >= 0.3 is 6.18 Å². The number of nitrogens with one attached hydrogen (secondary N) is 1. The minimum Gasteiger partial charge on any atom is -0.336 e. The standard InChI is InChI=1S/C19H21F4N5O2/c1-12(17(29)24-14-5-3-4-13(20)10-14)27-6-8-28(9-7-27)18(30)15-11-26(2)25-16(15)19(21,22)23/h3-5,10-12H,6-9H2,1-2H3,(H,24,29). The fourth-order valence-corrected chi connectivity index (χ4v) is 3.32. The second-order valence-corrected chi connectivity index (χ2v) is 7.07. The summed E-state index contributed by atoms with van der Waals surface area (Å²) in [6, 6.07) is 4.95. The van der Waals surface area contributed by atoms with E-state index in [9.17, 15) is 27.2 Å². The van der Waals surface area contributed by atoms with Crippen molar-refractivity contribution in [3.63, 3.8) is 0 Å². The first kappa shape index (κ1) is 21.8. The zero-order chi connectivity index (χ0) is 22.1. The lowest BCUT2D eigenvalue weighted by molar-refractivity contribution is -0.141. The summed E-state index contributed by atoms with van der Waals surface area (Å²) in [5, 5.41) is 5.99. The molecule has 11 heteroatoms. The molecule has 1 saturated heterocycles. The maximum Gasteiger partial charge on any atom is 0.435 e. The fraction of sp³-hybridized carbons (Fsp3) is 0.421. The minimum atomic E-state index is -4.72. The lowest BCUT2D eigenvalue weighted by atomic mass is 10.1. The smallest absolute Gasteiger partial charge is 0.336 e. The summed E-state index contributed by atoms with van der Waals surface area (Å²) < 4.78 is 53.6.